The maximum absolute atomic E-state index is 11.8. The van der Waals surface area contributed by atoms with E-state index < -0.39 is 0 Å². The highest BCUT2D eigenvalue weighted by Crippen LogP contribution is 2.27. The first-order valence-corrected chi connectivity index (χ1v) is 7.90. The highest BCUT2D eigenvalue weighted by Gasteiger charge is 2.10. The third-order valence-electron chi connectivity index (χ3n) is 3.17. The molecule has 0 saturated carbocycles. The summed E-state index contributed by atoms with van der Waals surface area (Å²) >= 11 is 1.56. The number of aromatic nitrogens is 2. The zero-order chi connectivity index (χ0) is 16.1. The van der Waals surface area contributed by atoms with Gasteiger partial charge in [-0.25, -0.2) is 4.98 Å². The summed E-state index contributed by atoms with van der Waals surface area (Å²) in [5, 5.41) is 3.76. The molecule has 3 heterocycles. The molecule has 3 aromatic heterocycles. The second-order valence-electron chi connectivity index (χ2n) is 4.84. The Bertz CT molecular complexity index is 808. The molecule has 0 aliphatic heterocycles. The van der Waals surface area contributed by atoms with Crippen molar-refractivity contribution in [1.29, 1.82) is 0 Å². The molecule has 0 spiro atoms. The van der Waals surface area contributed by atoms with Crippen molar-refractivity contribution in [3.63, 3.8) is 0 Å². The Morgan fingerprint density at radius 2 is 2.30 bits per heavy atom. The summed E-state index contributed by atoms with van der Waals surface area (Å²) in [4.78, 5) is 21.5. The zero-order valence-electron chi connectivity index (χ0n) is 12.5. The van der Waals surface area contributed by atoms with Crippen LogP contribution in [0.5, 0.6) is 0 Å². The van der Waals surface area contributed by atoms with E-state index in [1.165, 1.54) is 6.08 Å². The largest absolute Gasteiger partial charge is 0.465 e. The van der Waals surface area contributed by atoms with Crippen LogP contribution in [0.25, 0.3) is 16.6 Å². The van der Waals surface area contributed by atoms with Gasteiger partial charge < -0.3 is 9.73 Å². The van der Waals surface area contributed by atoms with E-state index in [0.717, 1.165) is 21.1 Å². The number of rotatable bonds is 5. The number of hydrogen-bond acceptors (Lipinski definition) is 5. The van der Waals surface area contributed by atoms with E-state index in [2.05, 4.69) is 15.3 Å². The zero-order valence-corrected chi connectivity index (χ0v) is 13.3. The van der Waals surface area contributed by atoms with E-state index in [4.69, 9.17) is 4.42 Å². The van der Waals surface area contributed by atoms with Gasteiger partial charge in [0.15, 0.2) is 0 Å². The lowest BCUT2D eigenvalue weighted by molar-refractivity contribution is -0.116. The maximum Gasteiger partial charge on any atom is 0.244 e. The van der Waals surface area contributed by atoms with Gasteiger partial charge in [0.1, 0.15) is 10.8 Å². The lowest BCUT2D eigenvalue weighted by atomic mass is 10.3. The average molecular weight is 325 g/mol. The number of nitrogens with one attached hydrogen (secondary N) is 1. The van der Waals surface area contributed by atoms with Crippen molar-refractivity contribution in [3.8, 4) is 10.6 Å². The van der Waals surface area contributed by atoms with E-state index in [9.17, 15) is 4.79 Å². The molecule has 116 valence electrons. The van der Waals surface area contributed by atoms with Crippen LogP contribution in [0.15, 0.2) is 53.4 Å². The van der Waals surface area contributed by atoms with Crippen LogP contribution in [0, 0.1) is 6.92 Å². The molecule has 0 aromatic carbocycles. The molecule has 3 aromatic rings. The van der Waals surface area contributed by atoms with Gasteiger partial charge in [-0.05, 0) is 37.3 Å². The van der Waals surface area contributed by atoms with Crippen LogP contribution in [0.2, 0.25) is 0 Å². The molecule has 0 radical (unpaired) electrons. The number of carbonyl (C=O) groups excluding carboxylic acids is 1. The van der Waals surface area contributed by atoms with E-state index in [1.54, 1.807) is 48.2 Å². The fourth-order valence-electron chi connectivity index (χ4n) is 1.98. The molecular formula is C17H15N3O2S. The minimum atomic E-state index is -0.169. The summed E-state index contributed by atoms with van der Waals surface area (Å²) in [5.74, 6) is 0.477. The van der Waals surface area contributed by atoms with Crippen molar-refractivity contribution in [3.05, 3.63) is 65.3 Å². The molecular weight excluding hydrogens is 310 g/mol. The van der Waals surface area contributed by atoms with Gasteiger partial charge in [-0.3, -0.25) is 9.78 Å². The van der Waals surface area contributed by atoms with E-state index >= 15 is 0 Å². The van der Waals surface area contributed by atoms with Gasteiger partial charge >= 0.3 is 0 Å². The maximum atomic E-state index is 11.8. The van der Waals surface area contributed by atoms with Gasteiger partial charge in [0.25, 0.3) is 0 Å². The number of carbonyl (C=O) groups is 1. The van der Waals surface area contributed by atoms with Crippen molar-refractivity contribution >= 4 is 23.3 Å². The van der Waals surface area contributed by atoms with Crippen molar-refractivity contribution < 1.29 is 9.21 Å². The summed E-state index contributed by atoms with van der Waals surface area (Å²) in [5.41, 5.74) is 1.90. The summed E-state index contributed by atoms with van der Waals surface area (Å²) in [6, 6.07) is 7.42. The number of thiazole rings is 1. The number of nitrogens with zero attached hydrogens (tertiary/aromatic N) is 2. The molecule has 0 unspecified atom stereocenters. The molecule has 23 heavy (non-hydrogen) atoms. The number of pyridine rings is 1. The lowest BCUT2D eigenvalue weighted by Gasteiger charge is -1.99. The fourth-order valence-corrected chi connectivity index (χ4v) is 2.97. The number of hydrogen-bond donors (Lipinski definition) is 1. The van der Waals surface area contributed by atoms with E-state index in [-0.39, 0.29) is 5.91 Å². The quantitative estimate of drug-likeness (QED) is 0.730. The van der Waals surface area contributed by atoms with Crippen molar-refractivity contribution in [1.82, 2.24) is 15.3 Å². The standard InChI is InChI=1S/C17H15N3O2S/c1-12-15(23-17(20-12)13-4-2-8-18-10-13)11-19-16(21)7-6-14-5-3-9-22-14/h2-10H,11H2,1H3,(H,19,21)/b7-6+. The second-order valence-corrected chi connectivity index (χ2v) is 5.92. The van der Waals surface area contributed by atoms with Gasteiger partial charge in [0.05, 0.1) is 18.5 Å². The first-order chi connectivity index (χ1) is 11.2. The number of aryl methyl sites for hydroxylation is 1. The van der Waals surface area contributed by atoms with Crippen LogP contribution in [0.3, 0.4) is 0 Å². The smallest absolute Gasteiger partial charge is 0.244 e. The molecule has 3 rings (SSSR count). The Hall–Kier alpha value is -2.73. The summed E-state index contributed by atoms with van der Waals surface area (Å²) < 4.78 is 5.14. The van der Waals surface area contributed by atoms with Gasteiger partial charge in [-0.15, -0.1) is 11.3 Å². The third kappa shape index (κ3) is 3.92. The predicted molar refractivity (Wildman–Crippen MR) is 89.7 cm³/mol. The first kappa shape index (κ1) is 15.2. The van der Waals surface area contributed by atoms with Crippen LogP contribution in [0.1, 0.15) is 16.3 Å². The van der Waals surface area contributed by atoms with Crippen molar-refractivity contribution in [2.45, 2.75) is 13.5 Å². The monoisotopic (exact) mass is 325 g/mol. The average Bonchev–Trinajstić information content (AvgIpc) is 3.21. The molecule has 0 fully saturated rings. The molecule has 0 saturated heterocycles. The normalized spacial score (nSPS) is 11.0. The lowest BCUT2D eigenvalue weighted by Crippen LogP contribution is -2.20. The van der Waals surface area contributed by atoms with E-state index in [1.807, 2.05) is 19.1 Å². The van der Waals surface area contributed by atoms with Crippen molar-refractivity contribution in [2.75, 3.05) is 0 Å². The van der Waals surface area contributed by atoms with Crippen LogP contribution in [0.4, 0.5) is 0 Å². The highest BCUT2D eigenvalue weighted by atomic mass is 32.1. The molecule has 0 aliphatic rings. The molecule has 6 heteroatoms. The second kappa shape index (κ2) is 7.02. The van der Waals surface area contributed by atoms with E-state index in [0.29, 0.717) is 12.3 Å². The molecule has 0 atom stereocenters. The van der Waals surface area contributed by atoms with Crippen molar-refractivity contribution in [2.24, 2.45) is 0 Å². The Labute approximate surface area is 137 Å². The molecule has 0 aliphatic carbocycles. The molecule has 1 amide bonds. The van der Waals surface area contributed by atoms with Crippen LogP contribution in [-0.4, -0.2) is 15.9 Å². The van der Waals surface area contributed by atoms with Gasteiger partial charge in [0.2, 0.25) is 5.91 Å². The summed E-state index contributed by atoms with van der Waals surface area (Å²) in [6.45, 7) is 2.39. The van der Waals surface area contributed by atoms with Crippen LogP contribution in [-0.2, 0) is 11.3 Å². The summed E-state index contributed by atoms with van der Waals surface area (Å²) in [6.07, 6.45) is 8.18. The highest BCUT2D eigenvalue weighted by molar-refractivity contribution is 7.15. The minimum Gasteiger partial charge on any atom is -0.465 e. The Morgan fingerprint density at radius 1 is 1.39 bits per heavy atom. The molecule has 1 N–H and O–H groups in total. The van der Waals surface area contributed by atoms with Crippen LogP contribution < -0.4 is 5.32 Å². The van der Waals surface area contributed by atoms with Gasteiger partial charge in [0, 0.05) is 28.9 Å². The Morgan fingerprint density at radius 3 is 3.04 bits per heavy atom. The third-order valence-corrected chi connectivity index (χ3v) is 4.37. The number of furan rings is 1. The Kier molecular flexibility index (Phi) is 4.63. The molecule has 0 bridgehead atoms. The predicted octanol–water partition coefficient (Wildman–Crippen LogP) is 3.44. The minimum absolute atomic E-state index is 0.169. The van der Waals surface area contributed by atoms with Crippen LogP contribution >= 0.6 is 11.3 Å². The SMILES string of the molecule is Cc1nc(-c2cccnc2)sc1CNC(=O)/C=C/c1ccco1. The fraction of sp³-hybridized carbons (Fsp3) is 0.118. The summed E-state index contributed by atoms with van der Waals surface area (Å²) in [7, 11) is 0. The van der Waals surface area contributed by atoms with Gasteiger partial charge in [-0.1, -0.05) is 0 Å². The topological polar surface area (TPSA) is 68.0 Å². The first-order valence-electron chi connectivity index (χ1n) is 7.08. The Balaban J connectivity index is 1.62. The number of amides is 1. The molecule has 5 nitrogen and oxygen atoms in total. The van der Waals surface area contributed by atoms with Gasteiger partial charge in [-0.2, -0.15) is 0 Å².